The molecular weight excluding hydrogens is 1110 g/mol. The summed E-state index contributed by atoms with van der Waals surface area (Å²) < 4.78 is 39.5. The van der Waals surface area contributed by atoms with Crippen LogP contribution in [0.15, 0.2) is 54.2 Å². The van der Waals surface area contributed by atoms with E-state index >= 15 is 4.79 Å². The minimum Gasteiger partial charge on any atom is -0.490 e. The number of ether oxygens (including phenoxy) is 7. The monoisotopic (exact) mass is 1180 g/mol. The SMILES string of the molecule is Cc1cc(Cl)c(OCCOc2ccc(C3=C(C(=O)N(Cc4ccnc(OCCCOC(=O)OCCCCO[N+](=O)[O-])c4C)C4CC4)C4N(C(=O)OCCCCO[N+](=O)[O-])C5CN(C(=O)OCCCCO[N+](=O)[O-])CC54C3)cc2)c(Cl)c1. The largest absolute Gasteiger partial charge is 0.508 e. The van der Waals surface area contributed by atoms with E-state index in [-0.39, 0.29) is 136 Å². The van der Waals surface area contributed by atoms with E-state index in [1.54, 1.807) is 41.4 Å². The molecule has 3 unspecified atom stereocenters. The third-order valence-electron chi connectivity index (χ3n) is 13.9. The van der Waals surface area contributed by atoms with Crippen LogP contribution < -0.4 is 14.2 Å². The van der Waals surface area contributed by atoms with Gasteiger partial charge in [0.05, 0.1) is 75.0 Å². The molecule has 0 radical (unpaired) electrons. The smallest absolute Gasteiger partial charge is 0.490 e. The molecule has 0 bridgehead atoms. The Morgan fingerprint density at radius 1 is 0.691 bits per heavy atom. The van der Waals surface area contributed by atoms with Gasteiger partial charge in [-0.05, 0) is 124 Å². The van der Waals surface area contributed by atoms with Gasteiger partial charge in [0.15, 0.2) is 5.75 Å². The van der Waals surface area contributed by atoms with Crippen molar-refractivity contribution in [1.29, 1.82) is 0 Å². The molecule has 4 aliphatic rings. The first-order valence-corrected chi connectivity index (χ1v) is 27.1. The molecule has 440 valence electrons. The third kappa shape index (κ3) is 16.4. The van der Waals surface area contributed by atoms with Gasteiger partial charge in [0.2, 0.25) is 5.88 Å². The lowest BCUT2D eigenvalue weighted by Gasteiger charge is -2.57. The van der Waals surface area contributed by atoms with Crippen molar-refractivity contribution in [2.24, 2.45) is 5.41 Å². The van der Waals surface area contributed by atoms with Crippen molar-refractivity contribution in [3.8, 4) is 17.4 Å². The fourth-order valence-corrected chi connectivity index (χ4v) is 10.7. The normalized spacial score (nSPS) is 17.7. The summed E-state index contributed by atoms with van der Waals surface area (Å²) in [6.45, 7) is 3.67. The molecule has 7 rings (SSSR count). The first kappa shape index (κ1) is 60.8. The van der Waals surface area contributed by atoms with Crippen LogP contribution in [0, 0.1) is 49.6 Å². The highest BCUT2D eigenvalue weighted by atomic mass is 35.5. The van der Waals surface area contributed by atoms with Gasteiger partial charge < -0.3 is 57.5 Å². The summed E-state index contributed by atoms with van der Waals surface area (Å²) in [7, 11) is 0. The topological polar surface area (TPSA) is 313 Å². The van der Waals surface area contributed by atoms with Crippen LogP contribution in [0.4, 0.5) is 14.4 Å². The maximum Gasteiger partial charge on any atom is 0.508 e. The van der Waals surface area contributed by atoms with Crippen LogP contribution in [0.2, 0.25) is 10.0 Å². The third-order valence-corrected chi connectivity index (χ3v) is 14.5. The zero-order valence-corrected chi connectivity index (χ0v) is 46.2. The van der Waals surface area contributed by atoms with Gasteiger partial charge in [-0.3, -0.25) is 9.69 Å². The van der Waals surface area contributed by atoms with Crippen molar-refractivity contribution >= 4 is 53.0 Å². The maximum atomic E-state index is 15.8. The highest BCUT2D eigenvalue weighted by molar-refractivity contribution is 6.37. The van der Waals surface area contributed by atoms with Crippen LogP contribution in [0.25, 0.3) is 5.57 Å². The summed E-state index contributed by atoms with van der Waals surface area (Å²) in [4.78, 5) is 110. The summed E-state index contributed by atoms with van der Waals surface area (Å²) in [5, 5.41) is 29.7. The quantitative estimate of drug-likeness (QED) is 0.0182. The summed E-state index contributed by atoms with van der Waals surface area (Å²) in [5.41, 5.74) is 3.06. The molecule has 3 aromatic rings. The zero-order chi connectivity index (χ0) is 58.1. The first-order valence-electron chi connectivity index (χ1n) is 26.4. The van der Waals surface area contributed by atoms with Crippen molar-refractivity contribution < 1.29 is 82.1 Å². The lowest BCUT2D eigenvalue weighted by molar-refractivity contribution is -0.757. The van der Waals surface area contributed by atoms with Gasteiger partial charge in [-0.2, -0.15) is 0 Å². The van der Waals surface area contributed by atoms with Crippen LogP contribution in [-0.4, -0.2) is 156 Å². The number of likely N-dealkylation sites (tertiary alicyclic amines) is 2. The van der Waals surface area contributed by atoms with Gasteiger partial charge in [0.25, 0.3) is 21.2 Å². The number of pyridine rings is 1. The van der Waals surface area contributed by atoms with Gasteiger partial charge in [0.1, 0.15) is 19.0 Å². The molecular formula is C52H63Cl2N7O20. The number of hydrogen-bond donors (Lipinski definition) is 0. The van der Waals surface area contributed by atoms with Gasteiger partial charge in [-0.1, -0.05) is 35.3 Å². The van der Waals surface area contributed by atoms with Crippen molar-refractivity contribution in [1.82, 2.24) is 19.7 Å². The van der Waals surface area contributed by atoms with E-state index in [0.29, 0.717) is 75.4 Å². The predicted molar refractivity (Wildman–Crippen MR) is 283 cm³/mol. The Hall–Kier alpha value is -7.81. The number of halogens is 2. The molecule has 2 aliphatic carbocycles. The van der Waals surface area contributed by atoms with Crippen molar-refractivity contribution in [2.45, 2.75) is 103 Å². The molecule has 2 saturated heterocycles. The van der Waals surface area contributed by atoms with Gasteiger partial charge in [-0.25, -0.2) is 19.4 Å². The Labute approximate surface area is 474 Å². The number of rotatable bonds is 33. The van der Waals surface area contributed by atoms with Gasteiger partial charge >= 0.3 is 18.3 Å². The number of carbonyl (C=O) groups excluding carboxylic acids is 4. The van der Waals surface area contributed by atoms with Crippen LogP contribution >= 0.6 is 23.2 Å². The van der Waals surface area contributed by atoms with Crippen molar-refractivity contribution in [3.63, 3.8) is 0 Å². The van der Waals surface area contributed by atoms with E-state index in [0.717, 1.165) is 11.1 Å². The minimum atomic E-state index is -0.904. The van der Waals surface area contributed by atoms with E-state index in [2.05, 4.69) is 19.5 Å². The Morgan fingerprint density at radius 3 is 1.84 bits per heavy atom. The van der Waals surface area contributed by atoms with Crippen molar-refractivity contribution in [2.75, 3.05) is 79.2 Å². The molecule has 2 aromatic carbocycles. The summed E-state index contributed by atoms with van der Waals surface area (Å²) in [6, 6.07) is 10.8. The molecule has 1 spiro atoms. The second-order valence-corrected chi connectivity index (χ2v) is 20.3. The lowest BCUT2D eigenvalue weighted by atomic mass is 9.66. The molecule has 3 fully saturated rings. The Kier molecular flexibility index (Phi) is 21.8. The van der Waals surface area contributed by atoms with Crippen LogP contribution in [0.3, 0.4) is 0 Å². The maximum absolute atomic E-state index is 15.8. The Morgan fingerprint density at radius 2 is 1.25 bits per heavy atom. The molecule has 29 heteroatoms. The number of hydrogen-bond acceptors (Lipinski definition) is 21. The summed E-state index contributed by atoms with van der Waals surface area (Å²) >= 11 is 12.8. The molecule has 0 N–H and O–H groups in total. The number of allylic oxidation sites excluding steroid dienone is 1. The van der Waals surface area contributed by atoms with Gasteiger partial charge in [0, 0.05) is 54.8 Å². The zero-order valence-electron chi connectivity index (χ0n) is 44.7. The number of carbonyl (C=O) groups is 4. The summed E-state index contributed by atoms with van der Waals surface area (Å²) in [5.74, 6) is 0.800. The van der Waals surface area contributed by atoms with E-state index in [9.17, 15) is 44.7 Å². The molecule has 3 atom stereocenters. The standard InChI is InChI=1S/C52H63Cl2N7O20/c1-34-28-41(53)45(42(54)29-34)73-27-26-72-39-14-10-36(11-15-39)40-30-52-33-56(49(63)75-18-3-6-23-79-59(66)67)32-43(52)58(50(64)76-19-4-7-24-80-60(68)69)46(52)44(40)48(62)57(38-12-13-38)31-37-16-17-55-47(35(37)2)74-21-9-22-78-51(65)77-20-5-8-25-81-61(70)71/h10-11,14-17,28-29,38,43,46H,3-9,12-13,18-27,30-33H2,1-2H3. The summed E-state index contributed by atoms with van der Waals surface area (Å²) in [6.07, 6.45) is 2.90. The predicted octanol–water partition coefficient (Wildman–Crippen LogP) is 8.33. The Balaban J connectivity index is 1.11. The fourth-order valence-electron chi connectivity index (χ4n) is 10.0. The first-order chi connectivity index (χ1) is 39.0. The molecule has 3 heterocycles. The van der Waals surface area contributed by atoms with E-state index in [1.807, 2.05) is 26.0 Å². The number of unbranched alkanes of at least 4 members (excludes halogenated alkanes) is 3. The molecule has 1 saturated carbocycles. The highest BCUT2D eigenvalue weighted by Crippen LogP contribution is 2.63. The number of aromatic nitrogens is 1. The van der Waals surface area contributed by atoms with Crippen LogP contribution in [0.5, 0.6) is 17.4 Å². The molecule has 1 aromatic heterocycles. The fraction of sp³-hybridized carbons (Fsp3) is 0.558. The van der Waals surface area contributed by atoms with Gasteiger partial charge in [-0.15, -0.1) is 30.3 Å². The second kappa shape index (κ2) is 29.1. The van der Waals surface area contributed by atoms with E-state index in [1.165, 1.54) is 9.80 Å². The average Bonchev–Trinajstić information content (AvgIpc) is 3.22. The molecule has 27 nitrogen and oxygen atoms in total. The number of aryl methyl sites for hydroxylation is 1. The van der Waals surface area contributed by atoms with E-state index < -0.39 is 51.1 Å². The van der Waals surface area contributed by atoms with E-state index in [4.69, 9.17) is 56.4 Å². The Bertz CT molecular complexity index is 2750. The van der Waals surface area contributed by atoms with Crippen LogP contribution in [-0.2, 0) is 44.8 Å². The highest BCUT2D eigenvalue weighted by Gasteiger charge is 2.72. The lowest BCUT2D eigenvalue weighted by Crippen LogP contribution is -2.72. The minimum absolute atomic E-state index is 0.000507. The van der Waals surface area contributed by atoms with Crippen LogP contribution in [0.1, 0.15) is 86.5 Å². The van der Waals surface area contributed by atoms with Crippen molar-refractivity contribution in [3.05, 3.63) is 117 Å². The molecule has 3 amide bonds. The number of benzene rings is 2. The molecule has 81 heavy (non-hydrogen) atoms. The number of nitrogens with zero attached hydrogens (tertiary/aromatic N) is 7. The number of amides is 3. The molecule has 2 aliphatic heterocycles. The second-order valence-electron chi connectivity index (χ2n) is 19.5. The average molecular weight is 1180 g/mol.